The van der Waals surface area contributed by atoms with Gasteiger partial charge in [-0.1, -0.05) is 11.6 Å². The minimum absolute atomic E-state index is 0.217. The average Bonchev–Trinajstić information content (AvgIpc) is 2.80. The van der Waals surface area contributed by atoms with Crippen molar-refractivity contribution < 1.29 is 28.5 Å². The second-order valence-corrected chi connectivity index (χ2v) is 7.25. The van der Waals surface area contributed by atoms with Crippen molar-refractivity contribution in [1.29, 1.82) is 0 Å². The maximum absolute atomic E-state index is 13.0. The fourth-order valence-electron chi connectivity index (χ4n) is 2.76. The van der Waals surface area contributed by atoms with Crippen molar-refractivity contribution in [3.05, 3.63) is 35.4 Å². The van der Waals surface area contributed by atoms with E-state index in [9.17, 15) is 9.59 Å². The lowest BCUT2D eigenvalue weighted by molar-refractivity contribution is -0.126. The van der Waals surface area contributed by atoms with Gasteiger partial charge in [-0.2, -0.15) is 10.2 Å². The monoisotopic (exact) mass is 497 g/mol. The molecule has 9 nitrogen and oxygen atoms in total. The Morgan fingerprint density at radius 1 is 1.03 bits per heavy atom. The van der Waals surface area contributed by atoms with Crippen LogP contribution in [-0.2, 0) is 9.59 Å². The molecule has 0 spiro atoms. The third kappa shape index (κ3) is 6.49. The Kier molecular flexibility index (Phi) is 9.74. The summed E-state index contributed by atoms with van der Waals surface area (Å²) < 4.78 is 22.2. The van der Waals surface area contributed by atoms with Gasteiger partial charge >= 0.3 is 0 Å². The van der Waals surface area contributed by atoms with E-state index in [1.807, 2.05) is 13.8 Å². The lowest BCUT2D eigenvalue weighted by Crippen LogP contribution is -2.36. The molecule has 2 rings (SSSR count). The summed E-state index contributed by atoms with van der Waals surface area (Å²) in [5.41, 5.74) is 0.489. The van der Waals surface area contributed by atoms with Gasteiger partial charge < -0.3 is 18.9 Å². The van der Waals surface area contributed by atoms with Crippen molar-refractivity contribution in [3.63, 3.8) is 0 Å². The number of amides is 1. The SMILES string of the molecule is CCOc1cc(N=NC(C(C)=O)C(=O)N(Cl)c2ccc(OC)cc2OC)cc(Cl)c1OCC. The van der Waals surface area contributed by atoms with E-state index >= 15 is 0 Å². The Morgan fingerprint density at radius 2 is 1.73 bits per heavy atom. The number of nitrogens with zero attached hydrogens (tertiary/aromatic N) is 3. The molecule has 0 aliphatic carbocycles. The molecule has 0 bridgehead atoms. The molecular weight excluding hydrogens is 473 g/mol. The fourth-order valence-corrected chi connectivity index (χ4v) is 3.25. The van der Waals surface area contributed by atoms with Crippen molar-refractivity contribution in [1.82, 2.24) is 0 Å². The molecule has 0 saturated carbocycles. The first kappa shape index (κ1) is 26.2. The number of benzene rings is 2. The van der Waals surface area contributed by atoms with Gasteiger partial charge in [0.15, 0.2) is 17.3 Å². The predicted molar refractivity (Wildman–Crippen MR) is 126 cm³/mol. The van der Waals surface area contributed by atoms with Gasteiger partial charge in [0.25, 0.3) is 5.91 Å². The highest BCUT2D eigenvalue weighted by molar-refractivity contribution is 6.39. The standard InChI is InChI=1S/C22H25Cl2N3O6/c1-6-32-19-11-14(10-16(23)21(19)33-7-2)25-26-20(13(3)28)22(29)27(24)17-9-8-15(30-4)12-18(17)31-5/h8-12,20H,6-7H2,1-5H3. The van der Waals surface area contributed by atoms with Crippen molar-refractivity contribution in [2.45, 2.75) is 26.8 Å². The highest BCUT2D eigenvalue weighted by atomic mass is 35.5. The van der Waals surface area contributed by atoms with Gasteiger partial charge in [0.1, 0.15) is 17.2 Å². The fraction of sp³-hybridized carbons (Fsp3) is 0.364. The van der Waals surface area contributed by atoms with Gasteiger partial charge in [-0.3, -0.25) is 9.59 Å². The van der Waals surface area contributed by atoms with Crippen LogP contribution in [0.15, 0.2) is 40.6 Å². The first-order valence-corrected chi connectivity index (χ1v) is 10.7. The van der Waals surface area contributed by atoms with Crippen LogP contribution in [0.25, 0.3) is 0 Å². The van der Waals surface area contributed by atoms with Crippen LogP contribution in [0.5, 0.6) is 23.0 Å². The Morgan fingerprint density at radius 3 is 2.30 bits per heavy atom. The van der Waals surface area contributed by atoms with Crippen molar-refractivity contribution in [2.24, 2.45) is 10.2 Å². The largest absolute Gasteiger partial charge is 0.497 e. The Labute approximate surface area is 202 Å². The maximum Gasteiger partial charge on any atom is 0.276 e. The summed E-state index contributed by atoms with van der Waals surface area (Å²) in [6.07, 6.45) is 0. The number of hydrogen-bond acceptors (Lipinski definition) is 8. The zero-order chi connectivity index (χ0) is 24.5. The van der Waals surface area contributed by atoms with Crippen LogP contribution in [0, 0.1) is 0 Å². The number of ether oxygens (including phenoxy) is 4. The Balaban J connectivity index is 2.36. The summed E-state index contributed by atoms with van der Waals surface area (Å²) in [6.45, 7) is 5.61. The minimum Gasteiger partial charge on any atom is -0.497 e. The number of carbonyl (C=O) groups excluding carboxylic acids is 2. The molecule has 2 aromatic carbocycles. The number of Topliss-reactive ketones (excluding diaryl/α,β-unsaturated/α-hetero) is 1. The van der Waals surface area contributed by atoms with Gasteiger partial charge in [0.2, 0.25) is 6.04 Å². The van der Waals surface area contributed by atoms with E-state index in [1.54, 1.807) is 18.2 Å². The number of azo groups is 1. The lowest BCUT2D eigenvalue weighted by atomic mass is 10.2. The number of methoxy groups -OCH3 is 2. The molecule has 1 amide bonds. The number of carbonyl (C=O) groups is 2. The van der Waals surface area contributed by atoms with Gasteiger partial charge in [0.05, 0.1) is 38.1 Å². The molecule has 0 fully saturated rings. The zero-order valence-corrected chi connectivity index (χ0v) is 20.4. The van der Waals surface area contributed by atoms with Crippen LogP contribution >= 0.6 is 23.4 Å². The van der Waals surface area contributed by atoms with E-state index < -0.39 is 17.7 Å². The van der Waals surface area contributed by atoms with Crippen LogP contribution in [0.4, 0.5) is 11.4 Å². The highest BCUT2D eigenvalue weighted by Crippen LogP contribution is 2.39. The third-order valence-corrected chi connectivity index (χ3v) is 4.91. The van der Waals surface area contributed by atoms with E-state index in [2.05, 4.69) is 10.2 Å². The molecule has 0 radical (unpaired) electrons. The van der Waals surface area contributed by atoms with Gasteiger partial charge in [0, 0.05) is 23.9 Å². The summed E-state index contributed by atoms with van der Waals surface area (Å²) in [4.78, 5) is 25.2. The second-order valence-electron chi connectivity index (χ2n) is 6.51. The number of anilines is 1. The van der Waals surface area contributed by atoms with E-state index in [0.29, 0.717) is 30.5 Å². The summed E-state index contributed by atoms with van der Waals surface area (Å²) in [5.74, 6) is 0.165. The summed E-state index contributed by atoms with van der Waals surface area (Å²) in [5, 5.41) is 8.21. The summed E-state index contributed by atoms with van der Waals surface area (Å²) >= 11 is 12.5. The second kappa shape index (κ2) is 12.3. The smallest absolute Gasteiger partial charge is 0.276 e. The molecule has 33 heavy (non-hydrogen) atoms. The first-order chi connectivity index (χ1) is 15.8. The molecule has 178 valence electrons. The van der Waals surface area contributed by atoms with Crippen molar-refractivity contribution >= 4 is 46.4 Å². The third-order valence-electron chi connectivity index (χ3n) is 4.28. The van der Waals surface area contributed by atoms with Gasteiger partial charge in [-0.25, -0.2) is 4.42 Å². The molecule has 0 aliphatic rings. The minimum atomic E-state index is -1.49. The predicted octanol–water partition coefficient (Wildman–Crippen LogP) is 5.38. The summed E-state index contributed by atoms with van der Waals surface area (Å²) in [6, 6.07) is 6.23. The molecule has 0 N–H and O–H groups in total. The molecule has 1 unspecified atom stereocenters. The van der Waals surface area contributed by atoms with Crippen LogP contribution in [0.1, 0.15) is 20.8 Å². The van der Waals surface area contributed by atoms with Gasteiger partial charge in [-0.15, -0.1) is 0 Å². The molecule has 1 atom stereocenters. The molecule has 0 aromatic heterocycles. The van der Waals surface area contributed by atoms with E-state index in [0.717, 1.165) is 4.42 Å². The molecule has 0 aliphatic heterocycles. The average molecular weight is 498 g/mol. The van der Waals surface area contributed by atoms with Crippen LogP contribution in [0.2, 0.25) is 5.02 Å². The normalized spacial score (nSPS) is 11.7. The molecule has 11 heteroatoms. The van der Waals surface area contributed by atoms with Crippen molar-refractivity contribution in [3.8, 4) is 23.0 Å². The molecular formula is C22H25Cl2N3O6. The number of rotatable bonds is 11. The molecule has 0 heterocycles. The number of halogens is 2. The topological polar surface area (TPSA) is 99.0 Å². The Bertz CT molecular complexity index is 1030. The number of hydrogen-bond donors (Lipinski definition) is 0. The zero-order valence-electron chi connectivity index (χ0n) is 18.9. The lowest BCUT2D eigenvalue weighted by Gasteiger charge is -2.19. The molecule has 2 aromatic rings. The van der Waals surface area contributed by atoms with E-state index in [-0.39, 0.29) is 22.1 Å². The quantitative estimate of drug-likeness (QED) is 0.234. The maximum atomic E-state index is 13.0. The van der Waals surface area contributed by atoms with Crippen LogP contribution in [0.3, 0.4) is 0 Å². The van der Waals surface area contributed by atoms with Gasteiger partial charge in [-0.05, 0) is 39.0 Å². The first-order valence-electron chi connectivity index (χ1n) is 9.99. The van der Waals surface area contributed by atoms with Crippen molar-refractivity contribution in [2.75, 3.05) is 31.9 Å². The van der Waals surface area contributed by atoms with E-state index in [1.165, 1.54) is 33.3 Å². The van der Waals surface area contributed by atoms with Crippen LogP contribution < -0.4 is 23.4 Å². The molecule has 0 saturated heterocycles. The Hall–Kier alpha value is -3.04. The number of ketones is 1. The highest BCUT2D eigenvalue weighted by Gasteiger charge is 2.30. The van der Waals surface area contributed by atoms with Crippen LogP contribution in [-0.4, -0.2) is 45.2 Å². The van der Waals surface area contributed by atoms with E-state index in [4.69, 9.17) is 42.3 Å². The summed E-state index contributed by atoms with van der Waals surface area (Å²) in [7, 11) is 2.91.